The molecule has 3 aromatic rings. The summed E-state index contributed by atoms with van der Waals surface area (Å²) in [6.07, 6.45) is 5.26. The standard InChI is InChI=1S/C22H27N7O3/c23-4-6-24-17-1-2-19(25-12-17)16-11-21-20(3-5-26-29(21)13-16)27-7-9-28(10-8-27)22(30)32-18-14-31-15-18/h1-3,5,11-13,18,24H,4,6-10,14-15,23H2. The van der Waals surface area contributed by atoms with Gasteiger partial charge in [0.15, 0.2) is 6.10 Å². The molecule has 10 heteroatoms. The van der Waals surface area contributed by atoms with Gasteiger partial charge in [-0.15, -0.1) is 0 Å². The summed E-state index contributed by atoms with van der Waals surface area (Å²) in [6.45, 7) is 4.99. The molecule has 2 aliphatic heterocycles. The Kier molecular flexibility index (Phi) is 5.78. The van der Waals surface area contributed by atoms with E-state index in [-0.39, 0.29) is 12.2 Å². The minimum absolute atomic E-state index is 0.0985. The third-order valence-corrected chi connectivity index (χ3v) is 5.77. The van der Waals surface area contributed by atoms with Gasteiger partial charge in [0.2, 0.25) is 0 Å². The zero-order chi connectivity index (χ0) is 21.9. The van der Waals surface area contributed by atoms with Crippen LogP contribution in [0.25, 0.3) is 16.8 Å². The second-order valence-corrected chi connectivity index (χ2v) is 7.94. The Morgan fingerprint density at radius 1 is 1.22 bits per heavy atom. The molecule has 10 nitrogen and oxygen atoms in total. The van der Waals surface area contributed by atoms with Crippen LogP contribution in [0, 0.1) is 0 Å². The van der Waals surface area contributed by atoms with Crippen molar-refractivity contribution >= 4 is 23.0 Å². The van der Waals surface area contributed by atoms with Gasteiger partial charge in [0, 0.05) is 57.2 Å². The predicted octanol–water partition coefficient (Wildman–Crippen LogP) is 1.42. The number of pyridine rings is 1. The number of amides is 1. The number of hydrogen-bond donors (Lipinski definition) is 2. The van der Waals surface area contributed by atoms with Crippen LogP contribution in [0.2, 0.25) is 0 Å². The minimum Gasteiger partial charge on any atom is -0.441 e. The highest BCUT2D eigenvalue weighted by Gasteiger charge is 2.28. The summed E-state index contributed by atoms with van der Waals surface area (Å²) in [6, 6.07) is 8.12. The zero-order valence-electron chi connectivity index (χ0n) is 17.8. The molecular weight excluding hydrogens is 410 g/mol. The highest BCUT2D eigenvalue weighted by Crippen LogP contribution is 2.28. The Morgan fingerprint density at radius 3 is 2.75 bits per heavy atom. The average Bonchev–Trinajstić information content (AvgIpc) is 3.25. The van der Waals surface area contributed by atoms with Gasteiger partial charge in [-0.2, -0.15) is 5.10 Å². The molecule has 5 heterocycles. The highest BCUT2D eigenvalue weighted by atomic mass is 16.6. The van der Waals surface area contributed by atoms with Crippen molar-refractivity contribution in [1.82, 2.24) is 19.5 Å². The van der Waals surface area contributed by atoms with Gasteiger partial charge < -0.3 is 30.3 Å². The molecule has 0 atom stereocenters. The molecule has 5 rings (SSSR count). The normalized spacial score (nSPS) is 16.8. The Morgan fingerprint density at radius 2 is 2.06 bits per heavy atom. The van der Waals surface area contributed by atoms with E-state index in [0.29, 0.717) is 39.4 Å². The Balaban J connectivity index is 1.29. The zero-order valence-corrected chi connectivity index (χ0v) is 17.8. The molecule has 2 fully saturated rings. The SMILES string of the molecule is NCCNc1ccc(-c2cc3c(N4CCN(C(=O)OC5COC5)CC4)ccnn3c2)nc1. The van der Waals surface area contributed by atoms with E-state index in [9.17, 15) is 4.79 Å². The maximum atomic E-state index is 12.3. The van der Waals surface area contributed by atoms with E-state index < -0.39 is 0 Å². The quantitative estimate of drug-likeness (QED) is 0.596. The predicted molar refractivity (Wildman–Crippen MR) is 121 cm³/mol. The van der Waals surface area contributed by atoms with Crippen molar-refractivity contribution in [3.05, 3.63) is 42.9 Å². The van der Waals surface area contributed by atoms with Crippen LogP contribution in [0.3, 0.4) is 0 Å². The molecule has 1 amide bonds. The first-order valence-corrected chi connectivity index (χ1v) is 10.9. The number of aromatic nitrogens is 3. The first-order valence-electron chi connectivity index (χ1n) is 10.9. The van der Waals surface area contributed by atoms with Crippen molar-refractivity contribution in [1.29, 1.82) is 0 Å². The molecule has 168 valence electrons. The molecule has 3 N–H and O–H groups in total. The third kappa shape index (κ3) is 4.19. The van der Waals surface area contributed by atoms with Crippen LogP contribution in [0.5, 0.6) is 0 Å². The molecule has 0 aliphatic carbocycles. The number of ether oxygens (including phenoxy) is 2. The van der Waals surface area contributed by atoms with Crippen LogP contribution in [-0.4, -0.2) is 84.2 Å². The summed E-state index contributed by atoms with van der Waals surface area (Å²) in [5.41, 5.74) is 10.5. The van der Waals surface area contributed by atoms with Gasteiger partial charge in [-0.3, -0.25) is 4.98 Å². The summed E-state index contributed by atoms with van der Waals surface area (Å²) in [7, 11) is 0. The molecule has 2 aliphatic rings. The molecule has 3 aromatic heterocycles. The van der Waals surface area contributed by atoms with Gasteiger partial charge in [-0.1, -0.05) is 0 Å². The number of anilines is 2. The van der Waals surface area contributed by atoms with E-state index in [1.165, 1.54) is 0 Å². The lowest BCUT2D eigenvalue weighted by atomic mass is 10.2. The van der Waals surface area contributed by atoms with Gasteiger partial charge in [-0.05, 0) is 24.3 Å². The van der Waals surface area contributed by atoms with Crippen molar-refractivity contribution in [3.8, 4) is 11.3 Å². The topological polar surface area (TPSA) is 110 Å². The molecule has 0 saturated carbocycles. The highest BCUT2D eigenvalue weighted by molar-refractivity contribution is 5.79. The van der Waals surface area contributed by atoms with Crippen LogP contribution < -0.4 is 16.0 Å². The lowest BCUT2D eigenvalue weighted by Crippen LogP contribution is -2.51. The summed E-state index contributed by atoms with van der Waals surface area (Å²) in [5, 5.41) is 7.70. The number of fused-ring (bicyclic) bond motifs is 1. The van der Waals surface area contributed by atoms with Gasteiger partial charge in [0.25, 0.3) is 0 Å². The first-order chi connectivity index (χ1) is 15.7. The number of nitrogens with two attached hydrogens (primary N) is 1. The van der Waals surface area contributed by atoms with E-state index in [4.69, 9.17) is 15.2 Å². The third-order valence-electron chi connectivity index (χ3n) is 5.77. The number of carbonyl (C=O) groups excluding carboxylic acids is 1. The van der Waals surface area contributed by atoms with E-state index in [0.717, 1.165) is 41.2 Å². The Bertz CT molecular complexity index is 1070. The van der Waals surface area contributed by atoms with E-state index >= 15 is 0 Å². The fraction of sp³-hybridized carbons (Fsp3) is 0.409. The van der Waals surface area contributed by atoms with Crippen molar-refractivity contribution in [2.24, 2.45) is 5.73 Å². The molecule has 0 spiro atoms. The Labute approximate surface area is 185 Å². The first kappa shape index (κ1) is 20.5. The second kappa shape index (κ2) is 9.01. The van der Waals surface area contributed by atoms with E-state index in [2.05, 4.69) is 26.4 Å². The van der Waals surface area contributed by atoms with Crippen LogP contribution in [0.4, 0.5) is 16.2 Å². The van der Waals surface area contributed by atoms with Crippen molar-refractivity contribution in [2.45, 2.75) is 6.10 Å². The number of nitrogens with one attached hydrogen (secondary N) is 1. The van der Waals surface area contributed by atoms with Gasteiger partial charge >= 0.3 is 6.09 Å². The molecule has 2 saturated heterocycles. The maximum absolute atomic E-state index is 12.3. The van der Waals surface area contributed by atoms with Crippen LogP contribution in [-0.2, 0) is 9.47 Å². The lowest BCUT2D eigenvalue weighted by molar-refractivity contribution is -0.104. The molecular formula is C22H27N7O3. The summed E-state index contributed by atoms with van der Waals surface area (Å²) >= 11 is 0. The van der Waals surface area contributed by atoms with Crippen LogP contribution in [0.15, 0.2) is 42.9 Å². The fourth-order valence-electron chi connectivity index (χ4n) is 3.92. The molecule has 0 aromatic carbocycles. The molecule has 32 heavy (non-hydrogen) atoms. The van der Waals surface area contributed by atoms with E-state index in [1.807, 2.05) is 35.1 Å². The van der Waals surface area contributed by atoms with Crippen LogP contribution in [0.1, 0.15) is 0 Å². The Hall–Kier alpha value is -3.37. The average molecular weight is 438 g/mol. The van der Waals surface area contributed by atoms with Gasteiger partial charge in [0.1, 0.15) is 0 Å². The smallest absolute Gasteiger partial charge is 0.410 e. The minimum atomic E-state index is -0.252. The second-order valence-electron chi connectivity index (χ2n) is 7.94. The van der Waals surface area contributed by atoms with Crippen molar-refractivity contribution < 1.29 is 14.3 Å². The summed E-state index contributed by atoms with van der Waals surface area (Å²) < 4.78 is 12.4. The molecule has 0 unspecified atom stereocenters. The number of piperazine rings is 1. The molecule has 0 radical (unpaired) electrons. The monoisotopic (exact) mass is 437 g/mol. The van der Waals surface area contributed by atoms with Crippen molar-refractivity contribution in [2.75, 3.05) is 62.7 Å². The lowest BCUT2D eigenvalue weighted by Gasteiger charge is -2.37. The number of hydrogen-bond acceptors (Lipinski definition) is 8. The summed E-state index contributed by atoms with van der Waals surface area (Å²) in [5.74, 6) is 0. The number of carbonyl (C=O) groups is 1. The van der Waals surface area contributed by atoms with Crippen molar-refractivity contribution in [3.63, 3.8) is 0 Å². The fourth-order valence-corrected chi connectivity index (χ4v) is 3.92. The van der Waals surface area contributed by atoms with Crippen LogP contribution >= 0.6 is 0 Å². The summed E-state index contributed by atoms with van der Waals surface area (Å²) in [4.78, 5) is 20.9. The van der Waals surface area contributed by atoms with Gasteiger partial charge in [-0.25, -0.2) is 9.31 Å². The van der Waals surface area contributed by atoms with E-state index in [1.54, 1.807) is 11.1 Å². The largest absolute Gasteiger partial charge is 0.441 e. The number of nitrogens with zero attached hydrogens (tertiary/aromatic N) is 5. The maximum Gasteiger partial charge on any atom is 0.410 e. The van der Waals surface area contributed by atoms with Gasteiger partial charge in [0.05, 0.1) is 42.0 Å². The number of rotatable bonds is 6. The molecule has 0 bridgehead atoms.